The molecule has 0 aromatic carbocycles. The van der Waals surface area contributed by atoms with E-state index >= 15 is 0 Å². The number of aromatic nitrogens is 5. The van der Waals surface area contributed by atoms with Gasteiger partial charge in [-0.25, -0.2) is 14.5 Å². The van der Waals surface area contributed by atoms with E-state index in [4.69, 9.17) is 0 Å². The first-order valence-corrected chi connectivity index (χ1v) is 6.50. The number of carboxylic acid groups (broad SMARTS) is 1. The van der Waals surface area contributed by atoms with Gasteiger partial charge in [0.05, 0.1) is 30.5 Å². The lowest BCUT2D eigenvalue weighted by molar-refractivity contribution is 0.0687. The van der Waals surface area contributed by atoms with Crippen LogP contribution in [0.15, 0.2) is 12.5 Å². The van der Waals surface area contributed by atoms with Gasteiger partial charge in [0.25, 0.3) is 0 Å². The summed E-state index contributed by atoms with van der Waals surface area (Å²) in [4.78, 5) is 15.4. The summed E-state index contributed by atoms with van der Waals surface area (Å²) in [5, 5.41) is 17.0. The molecule has 0 amide bonds. The van der Waals surface area contributed by atoms with Crippen molar-refractivity contribution < 1.29 is 9.90 Å². The third kappa shape index (κ3) is 2.56. The molecule has 0 aliphatic heterocycles. The number of hydrogen-bond donors (Lipinski definition) is 1. The standard InChI is InChI=1S/C13H19N5O2/c1-5-17-8-14-6-9(17)7-18-11(13(2,3)4)10(12(19)20)15-16-18/h6,8H,5,7H2,1-4H3,(H,19,20). The first-order valence-electron chi connectivity index (χ1n) is 6.50. The van der Waals surface area contributed by atoms with Gasteiger partial charge in [0.1, 0.15) is 0 Å². The Balaban J connectivity index is 2.45. The minimum Gasteiger partial charge on any atom is -0.476 e. The summed E-state index contributed by atoms with van der Waals surface area (Å²) in [7, 11) is 0. The predicted octanol–water partition coefficient (Wildman–Crippen LogP) is 1.54. The molecule has 2 aromatic rings. The number of hydrogen-bond acceptors (Lipinski definition) is 4. The maximum atomic E-state index is 11.3. The topological polar surface area (TPSA) is 85.8 Å². The number of rotatable bonds is 4. The third-order valence-corrected chi connectivity index (χ3v) is 3.10. The van der Waals surface area contributed by atoms with E-state index in [1.165, 1.54) is 0 Å². The highest BCUT2D eigenvalue weighted by atomic mass is 16.4. The van der Waals surface area contributed by atoms with Gasteiger partial charge in [-0.2, -0.15) is 0 Å². The van der Waals surface area contributed by atoms with E-state index in [2.05, 4.69) is 15.3 Å². The number of aromatic carboxylic acids is 1. The molecule has 0 atom stereocenters. The van der Waals surface area contributed by atoms with Gasteiger partial charge in [0, 0.05) is 12.0 Å². The van der Waals surface area contributed by atoms with E-state index in [9.17, 15) is 9.90 Å². The monoisotopic (exact) mass is 277 g/mol. The Morgan fingerprint density at radius 1 is 1.40 bits per heavy atom. The van der Waals surface area contributed by atoms with Crippen molar-refractivity contribution >= 4 is 5.97 Å². The van der Waals surface area contributed by atoms with Crippen LogP contribution in [-0.2, 0) is 18.5 Å². The van der Waals surface area contributed by atoms with Crippen LogP contribution in [0, 0.1) is 0 Å². The summed E-state index contributed by atoms with van der Waals surface area (Å²) >= 11 is 0. The van der Waals surface area contributed by atoms with Crippen LogP contribution in [0.4, 0.5) is 0 Å². The predicted molar refractivity (Wildman–Crippen MR) is 72.7 cm³/mol. The Morgan fingerprint density at radius 2 is 2.10 bits per heavy atom. The molecule has 0 saturated heterocycles. The number of carbonyl (C=O) groups is 1. The van der Waals surface area contributed by atoms with Crippen molar-refractivity contribution in [3.05, 3.63) is 29.6 Å². The Bertz CT molecular complexity index is 621. The van der Waals surface area contributed by atoms with Crippen molar-refractivity contribution in [3.8, 4) is 0 Å². The second kappa shape index (κ2) is 5.07. The third-order valence-electron chi connectivity index (χ3n) is 3.10. The molecular weight excluding hydrogens is 258 g/mol. The van der Waals surface area contributed by atoms with Crippen molar-refractivity contribution in [3.63, 3.8) is 0 Å². The van der Waals surface area contributed by atoms with Gasteiger partial charge in [-0.05, 0) is 6.92 Å². The van der Waals surface area contributed by atoms with Crippen molar-refractivity contribution in [2.45, 2.75) is 46.2 Å². The lowest BCUT2D eigenvalue weighted by Gasteiger charge is -2.20. The normalized spacial score (nSPS) is 11.8. The lowest BCUT2D eigenvalue weighted by atomic mass is 9.90. The molecule has 2 heterocycles. The Labute approximate surface area is 117 Å². The fourth-order valence-corrected chi connectivity index (χ4v) is 2.23. The average Bonchev–Trinajstić information content (AvgIpc) is 2.94. The van der Waals surface area contributed by atoms with Crippen molar-refractivity contribution in [1.82, 2.24) is 24.5 Å². The second-order valence-corrected chi connectivity index (χ2v) is 5.67. The van der Waals surface area contributed by atoms with Crippen LogP contribution >= 0.6 is 0 Å². The molecule has 0 aliphatic rings. The fourth-order valence-electron chi connectivity index (χ4n) is 2.23. The molecule has 0 bridgehead atoms. The highest BCUT2D eigenvalue weighted by Gasteiger charge is 2.29. The van der Waals surface area contributed by atoms with Gasteiger partial charge in [-0.3, -0.25) is 0 Å². The molecule has 0 radical (unpaired) electrons. The van der Waals surface area contributed by atoms with Crippen molar-refractivity contribution in [1.29, 1.82) is 0 Å². The van der Waals surface area contributed by atoms with E-state index in [1.54, 1.807) is 17.2 Å². The summed E-state index contributed by atoms with van der Waals surface area (Å²) in [5.41, 5.74) is 1.25. The van der Waals surface area contributed by atoms with Crippen LogP contribution in [-0.4, -0.2) is 35.6 Å². The summed E-state index contributed by atoms with van der Waals surface area (Å²) in [5.74, 6) is -1.05. The molecule has 2 rings (SSSR count). The number of carboxylic acids is 1. The molecule has 7 heteroatoms. The van der Waals surface area contributed by atoms with Crippen LogP contribution in [0.3, 0.4) is 0 Å². The lowest BCUT2D eigenvalue weighted by Crippen LogP contribution is -2.22. The quantitative estimate of drug-likeness (QED) is 0.916. The van der Waals surface area contributed by atoms with Crippen LogP contribution in [0.1, 0.15) is 49.6 Å². The van der Waals surface area contributed by atoms with Crippen LogP contribution in [0.25, 0.3) is 0 Å². The molecule has 1 N–H and O–H groups in total. The maximum Gasteiger partial charge on any atom is 0.358 e. The zero-order valence-electron chi connectivity index (χ0n) is 12.2. The largest absolute Gasteiger partial charge is 0.476 e. The molecule has 2 aromatic heterocycles. The Hall–Kier alpha value is -2.18. The molecule has 0 unspecified atom stereocenters. The van der Waals surface area contributed by atoms with Crippen LogP contribution < -0.4 is 0 Å². The maximum absolute atomic E-state index is 11.3. The molecule has 7 nitrogen and oxygen atoms in total. The number of nitrogens with zero attached hydrogens (tertiary/aromatic N) is 5. The van der Waals surface area contributed by atoms with Gasteiger partial charge in [-0.15, -0.1) is 5.10 Å². The summed E-state index contributed by atoms with van der Waals surface area (Å²) in [6.45, 7) is 9.14. The minimum atomic E-state index is -1.05. The average molecular weight is 277 g/mol. The van der Waals surface area contributed by atoms with Gasteiger partial charge >= 0.3 is 5.97 Å². The van der Waals surface area contributed by atoms with E-state index in [1.807, 2.05) is 32.3 Å². The molecule has 0 fully saturated rings. The number of aryl methyl sites for hydroxylation is 1. The summed E-state index contributed by atoms with van der Waals surface area (Å²) < 4.78 is 3.64. The molecule has 0 aliphatic carbocycles. The smallest absolute Gasteiger partial charge is 0.358 e. The SMILES string of the molecule is CCn1cncc1Cn1nnc(C(=O)O)c1C(C)(C)C. The van der Waals surface area contributed by atoms with Crippen molar-refractivity contribution in [2.75, 3.05) is 0 Å². The van der Waals surface area contributed by atoms with Gasteiger partial charge in [0.2, 0.25) is 0 Å². The van der Waals surface area contributed by atoms with Crippen molar-refractivity contribution in [2.24, 2.45) is 0 Å². The molecule has 0 spiro atoms. The summed E-state index contributed by atoms with van der Waals surface area (Å²) in [6.07, 6.45) is 3.51. The molecule has 0 saturated carbocycles. The Morgan fingerprint density at radius 3 is 2.65 bits per heavy atom. The highest BCUT2D eigenvalue weighted by molar-refractivity contribution is 5.86. The van der Waals surface area contributed by atoms with E-state index in [0.717, 1.165) is 12.2 Å². The van der Waals surface area contributed by atoms with E-state index in [0.29, 0.717) is 12.2 Å². The second-order valence-electron chi connectivity index (χ2n) is 5.67. The first-order chi connectivity index (χ1) is 9.34. The van der Waals surface area contributed by atoms with E-state index < -0.39 is 5.97 Å². The summed E-state index contributed by atoms with van der Waals surface area (Å²) in [6, 6.07) is 0. The molecule has 20 heavy (non-hydrogen) atoms. The molecule has 108 valence electrons. The van der Waals surface area contributed by atoms with Gasteiger partial charge in [0.15, 0.2) is 5.69 Å². The van der Waals surface area contributed by atoms with Gasteiger partial charge in [-0.1, -0.05) is 26.0 Å². The Kier molecular flexibility index (Phi) is 3.61. The zero-order chi connectivity index (χ0) is 14.9. The van der Waals surface area contributed by atoms with Crippen LogP contribution in [0.5, 0.6) is 0 Å². The highest BCUT2D eigenvalue weighted by Crippen LogP contribution is 2.25. The van der Waals surface area contributed by atoms with E-state index in [-0.39, 0.29) is 11.1 Å². The minimum absolute atomic E-state index is 0.0139. The van der Waals surface area contributed by atoms with Gasteiger partial charge < -0.3 is 9.67 Å². The van der Waals surface area contributed by atoms with Crippen LogP contribution in [0.2, 0.25) is 0 Å². The first kappa shape index (κ1) is 14.2. The zero-order valence-corrected chi connectivity index (χ0v) is 12.2. The fraction of sp³-hybridized carbons (Fsp3) is 0.538. The molecular formula is C13H19N5O2. The number of imidazole rings is 1.